The highest BCUT2D eigenvalue weighted by Gasteiger charge is 1.98. The second-order valence-electron chi connectivity index (χ2n) is 4.25. The van der Waals surface area contributed by atoms with E-state index < -0.39 is 0 Å². The highest BCUT2D eigenvalue weighted by Crippen LogP contribution is 2.07. The molecule has 0 amide bonds. The summed E-state index contributed by atoms with van der Waals surface area (Å²) in [7, 11) is 2.15. The Morgan fingerprint density at radius 1 is 1.06 bits per heavy atom. The zero-order chi connectivity index (χ0) is 11.8. The summed E-state index contributed by atoms with van der Waals surface area (Å²) >= 11 is 0. The van der Waals surface area contributed by atoms with Gasteiger partial charge in [-0.2, -0.15) is 0 Å². The first-order valence-corrected chi connectivity index (χ1v) is 6.23. The van der Waals surface area contributed by atoms with Crippen LogP contribution < -0.4 is 5.32 Å². The molecule has 16 heavy (non-hydrogen) atoms. The number of benzene rings is 1. The van der Waals surface area contributed by atoms with Gasteiger partial charge in [0.05, 0.1) is 0 Å². The molecule has 1 aromatic rings. The summed E-state index contributed by atoms with van der Waals surface area (Å²) in [6.45, 7) is 8.60. The second-order valence-corrected chi connectivity index (χ2v) is 4.25. The third-order valence-corrected chi connectivity index (χ3v) is 2.86. The zero-order valence-electron chi connectivity index (χ0n) is 10.8. The molecule has 0 unspecified atom stereocenters. The average Bonchev–Trinajstić information content (AvgIpc) is 2.31. The van der Waals surface area contributed by atoms with E-state index >= 15 is 0 Å². The van der Waals surface area contributed by atoms with E-state index in [1.54, 1.807) is 0 Å². The smallest absolute Gasteiger partial charge is 0.0230 e. The van der Waals surface area contributed by atoms with Crippen LogP contribution in [0.2, 0.25) is 0 Å². The Hall–Kier alpha value is -0.860. The maximum Gasteiger partial charge on any atom is 0.0230 e. The summed E-state index contributed by atoms with van der Waals surface area (Å²) in [5, 5.41) is 3.34. The largest absolute Gasteiger partial charge is 0.317 e. The molecular weight excluding hydrogens is 196 g/mol. The summed E-state index contributed by atoms with van der Waals surface area (Å²) in [4.78, 5) is 2.31. The summed E-state index contributed by atoms with van der Waals surface area (Å²) in [5.41, 5.74) is 2.82. The van der Waals surface area contributed by atoms with Crippen molar-refractivity contribution in [2.75, 3.05) is 26.7 Å². The normalized spacial score (nSPS) is 11.0. The maximum absolute atomic E-state index is 3.34. The van der Waals surface area contributed by atoms with Crippen molar-refractivity contribution in [1.29, 1.82) is 0 Å². The lowest BCUT2D eigenvalue weighted by atomic mass is 10.1. The molecule has 0 aliphatic rings. The monoisotopic (exact) mass is 220 g/mol. The molecule has 0 radical (unpaired) electrons. The third kappa shape index (κ3) is 4.77. The molecule has 0 bridgehead atoms. The van der Waals surface area contributed by atoms with Crippen LogP contribution in [0, 0.1) is 0 Å². The standard InChI is InChI=1S/C14H24N2/c1-4-15-11-10-13-6-8-14(9-7-13)12-16(3)5-2/h6-9,15H,4-5,10-12H2,1-3H3. The summed E-state index contributed by atoms with van der Waals surface area (Å²) in [6.07, 6.45) is 1.12. The van der Waals surface area contributed by atoms with Crippen LogP contribution in [0.3, 0.4) is 0 Å². The van der Waals surface area contributed by atoms with Gasteiger partial charge in [-0.25, -0.2) is 0 Å². The Labute approximate surface area is 99.7 Å². The summed E-state index contributed by atoms with van der Waals surface area (Å²) in [6, 6.07) is 8.98. The summed E-state index contributed by atoms with van der Waals surface area (Å²) < 4.78 is 0. The van der Waals surface area contributed by atoms with E-state index in [9.17, 15) is 0 Å². The predicted octanol–water partition coefficient (Wildman–Crippen LogP) is 2.29. The van der Waals surface area contributed by atoms with E-state index in [0.29, 0.717) is 0 Å². The SMILES string of the molecule is CCNCCc1ccc(CN(C)CC)cc1. The molecule has 2 nitrogen and oxygen atoms in total. The van der Waals surface area contributed by atoms with E-state index in [1.165, 1.54) is 11.1 Å². The Kier molecular flexibility index (Phi) is 6.12. The molecule has 2 heteroatoms. The molecule has 0 fully saturated rings. The molecular formula is C14H24N2. The molecule has 0 saturated carbocycles. The van der Waals surface area contributed by atoms with E-state index in [2.05, 4.69) is 55.4 Å². The van der Waals surface area contributed by atoms with Crippen LogP contribution in [0.25, 0.3) is 0 Å². The highest BCUT2D eigenvalue weighted by molar-refractivity contribution is 5.22. The van der Waals surface area contributed by atoms with Crippen molar-refractivity contribution >= 4 is 0 Å². The minimum Gasteiger partial charge on any atom is -0.317 e. The van der Waals surface area contributed by atoms with Crippen LogP contribution in [-0.4, -0.2) is 31.6 Å². The molecule has 0 saturated heterocycles. The Morgan fingerprint density at radius 3 is 2.25 bits per heavy atom. The van der Waals surface area contributed by atoms with Gasteiger partial charge in [-0.1, -0.05) is 38.1 Å². The average molecular weight is 220 g/mol. The molecule has 0 heterocycles. The number of likely N-dealkylation sites (N-methyl/N-ethyl adjacent to an activating group) is 1. The number of rotatable bonds is 7. The second kappa shape index (κ2) is 7.42. The Morgan fingerprint density at radius 2 is 1.69 bits per heavy atom. The van der Waals surface area contributed by atoms with E-state index in [-0.39, 0.29) is 0 Å². The number of nitrogens with one attached hydrogen (secondary N) is 1. The van der Waals surface area contributed by atoms with Gasteiger partial charge in [0.25, 0.3) is 0 Å². The Bertz CT molecular complexity index is 279. The Balaban J connectivity index is 2.41. The van der Waals surface area contributed by atoms with Gasteiger partial charge in [-0.15, -0.1) is 0 Å². The van der Waals surface area contributed by atoms with Gasteiger partial charge in [0, 0.05) is 6.54 Å². The van der Waals surface area contributed by atoms with Crippen LogP contribution in [0.1, 0.15) is 25.0 Å². The molecule has 0 aliphatic carbocycles. The first kappa shape index (κ1) is 13.2. The van der Waals surface area contributed by atoms with Crippen molar-refractivity contribution in [3.63, 3.8) is 0 Å². The zero-order valence-corrected chi connectivity index (χ0v) is 10.8. The molecule has 1 aromatic carbocycles. The van der Waals surface area contributed by atoms with E-state index in [4.69, 9.17) is 0 Å². The number of nitrogens with zero attached hydrogens (tertiary/aromatic N) is 1. The lowest BCUT2D eigenvalue weighted by Crippen LogP contribution is -2.17. The van der Waals surface area contributed by atoms with E-state index in [0.717, 1.165) is 32.6 Å². The summed E-state index contributed by atoms with van der Waals surface area (Å²) in [5.74, 6) is 0. The molecule has 0 spiro atoms. The fourth-order valence-electron chi connectivity index (χ4n) is 1.64. The predicted molar refractivity (Wildman–Crippen MR) is 70.7 cm³/mol. The van der Waals surface area contributed by atoms with Crippen molar-refractivity contribution in [1.82, 2.24) is 10.2 Å². The maximum atomic E-state index is 3.34. The number of hydrogen-bond acceptors (Lipinski definition) is 2. The van der Waals surface area contributed by atoms with Crippen molar-refractivity contribution in [3.8, 4) is 0 Å². The quantitative estimate of drug-likeness (QED) is 0.709. The van der Waals surface area contributed by atoms with Crippen LogP contribution in [0.4, 0.5) is 0 Å². The molecule has 0 aromatic heterocycles. The lowest BCUT2D eigenvalue weighted by Gasteiger charge is -2.13. The van der Waals surface area contributed by atoms with Gasteiger partial charge < -0.3 is 10.2 Å². The van der Waals surface area contributed by atoms with Gasteiger partial charge >= 0.3 is 0 Å². The molecule has 0 atom stereocenters. The molecule has 1 rings (SSSR count). The molecule has 0 aliphatic heterocycles. The molecule has 1 N–H and O–H groups in total. The van der Waals surface area contributed by atoms with Crippen molar-refractivity contribution < 1.29 is 0 Å². The van der Waals surface area contributed by atoms with Crippen LogP contribution in [-0.2, 0) is 13.0 Å². The van der Waals surface area contributed by atoms with Crippen LogP contribution >= 0.6 is 0 Å². The minimum absolute atomic E-state index is 1.05. The fourth-order valence-corrected chi connectivity index (χ4v) is 1.64. The van der Waals surface area contributed by atoms with Gasteiger partial charge in [0.2, 0.25) is 0 Å². The lowest BCUT2D eigenvalue weighted by molar-refractivity contribution is 0.346. The topological polar surface area (TPSA) is 15.3 Å². The van der Waals surface area contributed by atoms with Gasteiger partial charge in [0.1, 0.15) is 0 Å². The molecule has 90 valence electrons. The third-order valence-electron chi connectivity index (χ3n) is 2.86. The van der Waals surface area contributed by atoms with E-state index in [1.807, 2.05) is 0 Å². The van der Waals surface area contributed by atoms with Gasteiger partial charge in [0.15, 0.2) is 0 Å². The van der Waals surface area contributed by atoms with Crippen molar-refractivity contribution in [2.45, 2.75) is 26.8 Å². The van der Waals surface area contributed by atoms with Crippen LogP contribution in [0.15, 0.2) is 24.3 Å². The minimum atomic E-state index is 1.05. The number of hydrogen-bond donors (Lipinski definition) is 1. The van der Waals surface area contributed by atoms with Crippen molar-refractivity contribution in [3.05, 3.63) is 35.4 Å². The van der Waals surface area contributed by atoms with Crippen LogP contribution in [0.5, 0.6) is 0 Å². The van der Waals surface area contributed by atoms with Crippen molar-refractivity contribution in [2.24, 2.45) is 0 Å². The van der Waals surface area contributed by atoms with Gasteiger partial charge in [-0.3, -0.25) is 0 Å². The first-order valence-electron chi connectivity index (χ1n) is 6.23. The first-order chi connectivity index (χ1) is 7.76. The fraction of sp³-hybridized carbons (Fsp3) is 0.571. The van der Waals surface area contributed by atoms with Gasteiger partial charge in [-0.05, 0) is 44.2 Å². The highest BCUT2D eigenvalue weighted by atomic mass is 15.1.